The number of carbonyl (C=O) groups excluding carboxylic acids is 2. The molecule has 1 fully saturated rings. The standard InChI is InChI=1S/C16H19BrN4O2/c17-10-5-7-11(8-6-10)19-16-20-13-4-2-1-3-12(13)15(23)21(16)9-14(18)22/h5-8,12-13H,1-4,9H2,(H2,18,22)(H,19,20). The molecule has 0 bridgehead atoms. The predicted octanol–water partition coefficient (Wildman–Crippen LogP) is 2.10. The lowest BCUT2D eigenvalue weighted by Crippen LogP contribution is -2.54. The van der Waals surface area contributed by atoms with E-state index in [1.165, 1.54) is 4.90 Å². The van der Waals surface area contributed by atoms with Crippen molar-refractivity contribution in [1.82, 2.24) is 4.90 Å². The minimum Gasteiger partial charge on any atom is -0.368 e. The Balaban J connectivity index is 1.88. The zero-order chi connectivity index (χ0) is 16.4. The molecule has 23 heavy (non-hydrogen) atoms. The molecule has 0 radical (unpaired) electrons. The van der Waals surface area contributed by atoms with Gasteiger partial charge in [0, 0.05) is 10.2 Å². The van der Waals surface area contributed by atoms with Crippen molar-refractivity contribution in [2.24, 2.45) is 16.6 Å². The fourth-order valence-corrected chi connectivity index (χ4v) is 3.42. The van der Waals surface area contributed by atoms with Gasteiger partial charge in [-0.05, 0) is 37.1 Å². The van der Waals surface area contributed by atoms with Crippen LogP contribution in [0.4, 0.5) is 5.69 Å². The van der Waals surface area contributed by atoms with E-state index in [4.69, 9.17) is 10.7 Å². The molecule has 7 heteroatoms. The van der Waals surface area contributed by atoms with Gasteiger partial charge in [0.1, 0.15) is 6.54 Å². The molecule has 2 unspecified atom stereocenters. The molecule has 1 heterocycles. The molecule has 6 nitrogen and oxygen atoms in total. The second kappa shape index (κ2) is 6.70. The van der Waals surface area contributed by atoms with E-state index in [9.17, 15) is 9.59 Å². The first kappa shape index (κ1) is 16.0. The van der Waals surface area contributed by atoms with Crippen LogP contribution in [0.1, 0.15) is 25.7 Å². The highest BCUT2D eigenvalue weighted by atomic mass is 79.9. The quantitative estimate of drug-likeness (QED) is 0.843. The number of rotatable bonds is 3. The van der Waals surface area contributed by atoms with Gasteiger partial charge in [0.25, 0.3) is 0 Å². The maximum absolute atomic E-state index is 12.7. The SMILES string of the molecule is NC(=O)CN1C(=O)C2CCCCC2N=C1Nc1ccc(Br)cc1. The van der Waals surface area contributed by atoms with Crippen LogP contribution in [0.25, 0.3) is 0 Å². The van der Waals surface area contributed by atoms with Crippen LogP contribution < -0.4 is 11.1 Å². The van der Waals surface area contributed by atoms with E-state index in [-0.39, 0.29) is 24.4 Å². The van der Waals surface area contributed by atoms with Gasteiger partial charge in [-0.2, -0.15) is 0 Å². The third kappa shape index (κ3) is 3.55. The highest BCUT2D eigenvalue weighted by Crippen LogP contribution is 2.32. The number of carbonyl (C=O) groups is 2. The summed E-state index contributed by atoms with van der Waals surface area (Å²) in [5.74, 6) is -0.307. The minimum atomic E-state index is -0.544. The zero-order valence-electron chi connectivity index (χ0n) is 12.7. The molecule has 2 aliphatic rings. The summed E-state index contributed by atoms with van der Waals surface area (Å²) in [5.41, 5.74) is 6.12. The Morgan fingerprint density at radius 2 is 2.00 bits per heavy atom. The van der Waals surface area contributed by atoms with E-state index in [2.05, 4.69) is 21.2 Å². The van der Waals surface area contributed by atoms with E-state index in [1.807, 2.05) is 24.3 Å². The van der Waals surface area contributed by atoms with Gasteiger partial charge in [-0.1, -0.05) is 28.8 Å². The van der Waals surface area contributed by atoms with Crippen molar-refractivity contribution in [3.8, 4) is 0 Å². The lowest BCUT2D eigenvalue weighted by molar-refractivity contribution is -0.136. The molecule has 3 rings (SSSR count). The molecule has 1 aliphatic carbocycles. The average Bonchev–Trinajstić information content (AvgIpc) is 2.53. The van der Waals surface area contributed by atoms with Crippen molar-refractivity contribution in [2.45, 2.75) is 31.7 Å². The lowest BCUT2D eigenvalue weighted by Gasteiger charge is -2.38. The van der Waals surface area contributed by atoms with Crippen molar-refractivity contribution in [3.05, 3.63) is 28.7 Å². The molecule has 1 aromatic carbocycles. The number of aliphatic imine (C=N–C) groups is 1. The first-order valence-electron chi connectivity index (χ1n) is 7.74. The molecule has 1 saturated carbocycles. The zero-order valence-corrected chi connectivity index (χ0v) is 14.3. The topological polar surface area (TPSA) is 87.8 Å². The van der Waals surface area contributed by atoms with Crippen molar-refractivity contribution >= 4 is 39.4 Å². The van der Waals surface area contributed by atoms with Crippen LogP contribution >= 0.6 is 15.9 Å². The van der Waals surface area contributed by atoms with Crippen LogP contribution in [0.15, 0.2) is 33.7 Å². The predicted molar refractivity (Wildman–Crippen MR) is 91.9 cm³/mol. The number of guanidine groups is 1. The summed E-state index contributed by atoms with van der Waals surface area (Å²) in [4.78, 5) is 30.2. The van der Waals surface area contributed by atoms with Crippen molar-refractivity contribution in [1.29, 1.82) is 0 Å². The molecule has 1 aromatic rings. The molecular formula is C16H19BrN4O2. The largest absolute Gasteiger partial charge is 0.368 e. The molecule has 122 valence electrons. The second-order valence-electron chi connectivity index (χ2n) is 5.93. The molecule has 0 saturated heterocycles. The van der Waals surface area contributed by atoms with Gasteiger partial charge in [0.15, 0.2) is 0 Å². The number of nitrogens with zero attached hydrogens (tertiary/aromatic N) is 2. The van der Waals surface area contributed by atoms with Gasteiger partial charge in [-0.15, -0.1) is 0 Å². The Morgan fingerprint density at radius 1 is 1.30 bits per heavy atom. The van der Waals surface area contributed by atoms with Crippen LogP contribution in [0.2, 0.25) is 0 Å². The number of nitrogens with one attached hydrogen (secondary N) is 1. The third-order valence-corrected chi connectivity index (χ3v) is 4.80. The average molecular weight is 379 g/mol. The van der Waals surface area contributed by atoms with Crippen molar-refractivity contribution in [2.75, 3.05) is 11.9 Å². The van der Waals surface area contributed by atoms with E-state index in [0.29, 0.717) is 5.96 Å². The number of hydrogen-bond donors (Lipinski definition) is 2. The smallest absolute Gasteiger partial charge is 0.237 e. The second-order valence-corrected chi connectivity index (χ2v) is 6.85. The molecule has 2 atom stereocenters. The fourth-order valence-electron chi connectivity index (χ4n) is 3.16. The molecule has 2 amide bonds. The normalized spacial score (nSPS) is 24.0. The van der Waals surface area contributed by atoms with Gasteiger partial charge >= 0.3 is 0 Å². The molecule has 1 aliphatic heterocycles. The number of fused-ring (bicyclic) bond motifs is 1. The Labute approximate surface area is 143 Å². The van der Waals surface area contributed by atoms with Gasteiger partial charge in [0.05, 0.1) is 12.0 Å². The van der Waals surface area contributed by atoms with Crippen LogP contribution in [0.3, 0.4) is 0 Å². The molecule has 0 spiro atoms. The van der Waals surface area contributed by atoms with E-state index >= 15 is 0 Å². The van der Waals surface area contributed by atoms with Gasteiger partial charge in [-0.3, -0.25) is 14.5 Å². The van der Waals surface area contributed by atoms with Gasteiger partial charge in [-0.25, -0.2) is 4.99 Å². The first-order valence-corrected chi connectivity index (χ1v) is 8.54. The molecular weight excluding hydrogens is 360 g/mol. The molecule has 0 aromatic heterocycles. The maximum Gasteiger partial charge on any atom is 0.237 e. The van der Waals surface area contributed by atoms with Gasteiger partial charge < -0.3 is 11.1 Å². The summed E-state index contributed by atoms with van der Waals surface area (Å²) in [7, 11) is 0. The summed E-state index contributed by atoms with van der Waals surface area (Å²) >= 11 is 3.39. The van der Waals surface area contributed by atoms with Crippen LogP contribution in [0, 0.1) is 5.92 Å². The van der Waals surface area contributed by atoms with Crippen molar-refractivity contribution in [3.63, 3.8) is 0 Å². The summed E-state index contributed by atoms with van der Waals surface area (Å²) in [5, 5.41) is 3.15. The number of benzene rings is 1. The first-order chi connectivity index (χ1) is 11.0. The summed E-state index contributed by atoms with van der Waals surface area (Å²) in [6, 6.07) is 7.56. The lowest BCUT2D eigenvalue weighted by atomic mass is 9.83. The van der Waals surface area contributed by atoms with E-state index in [1.54, 1.807) is 0 Å². The van der Waals surface area contributed by atoms with E-state index < -0.39 is 5.91 Å². The number of amides is 2. The van der Waals surface area contributed by atoms with Crippen molar-refractivity contribution < 1.29 is 9.59 Å². The third-order valence-electron chi connectivity index (χ3n) is 4.27. The fraction of sp³-hybridized carbons (Fsp3) is 0.438. The number of halogens is 1. The highest BCUT2D eigenvalue weighted by molar-refractivity contribution is 9.10. The summed E-state index contributed by atoms with van der Waals surface area (Å²) in [6.07, 6.45) is 3.85. The van der Waals surface area contributed by atoms with Gasteiger partial charge in [0.2, 0.25) is 17.8 Å². The van der Waals surface area contributed by atoms with Crippen LogP contribution in [-0.4, -0.2) is 35.3 Å². The van der Waals surface area contributed by atoms with E-state index in [0.717, 1.165) is 35.8 Å². The number of primary amides is 1. The summed E-state index contributed by atoms with van der Waals surface area (Å²) in [6.45, 7) is -0.148. The number of anilines is 1. The molecule has 3 N–H and O–H groups in total. The van der Waals surface area contributed by atoms with Crippen LogP contribution in [0.5, 0.6) is 0 Å². The number of hydrogen-bond acceptors (Lipinski definition) is 4. The Kier molecular flexibility index (Phi) is 4.66. The Morgan fingerprint density at radius 3 is 2.70 bits per heavy atom. The van der Waals surface area contributed by atoms with Crippen LogP contribution in [-0.2, 0) is 9.59 Å². The Bertz CT molecular complexity index is 644. The highest BCUT2D eigenvalue weighted by Gasteiger charge is 2.40. The number of nitrogens with two attached hydrogens (primary N) is 1. The summed E-state index contributed by atoms with van der Waals surface area (Å²) < 4.78 is 0.964. The minimum absolute atomic E-state index is 0.00155. The maximum atomic E-state index is 12.7. The Hall–Kier alpha value is -1.89. The monoisotopic (exact) mass is 378 g/mol.